The fourth-order valence-corrected chi connectivity index (χ4v) is 4.39. The van der Waals surface area contributed by atoms with Crippen molar-refractivity contribution >= 4 is 50.7 Å². The third-order valence-electron chi connectivity index (χ3n) is 4.57. The summed E-state index contributed by atoms with van der Waals surface area (Å²) in [5.41, 5.74) is 0.940. The van der Waals surface area contributed by atoms with E-state index in [0.29, 0.717) is 11.6 Å². The second-order valence-electron chi connectivity index (χ2n) is 6.94. The maximum Gasteiger partial charge on any atom is 0.244 e. The van der Waals surface area contributed by atoms with Crippen LogP contribution in [-0.2, 0) is 26.2 Å². The molecule has 0 bridgehead atoms. The van der Waals surface area contributed by atoms with Crippen molar-refractivity contribution in [3.05, 3.63) is 64.1 Å². The molecular formula is C21H25Cl2N3O4S. The molecule has 0 heterocycles. The van der Waals surface area contributed by atoms with E-state index in [1.54, 1.807) is 13.8 Å². The van der Waals surface area contributed by atoms with Gasteiger partial charge in [0.15, 0.2) is 0 Å². The Hall–Kier alpha value is -2.29. The van der Waals surface area contributed by atoms with Crippen LogP contribution in [0.25, 0.3) is 0 Å². The highest BCUT2D eigenvalue weighted by atomic mass is 35.5. The number of hydrogen-bond acceptors (Lipinski definition) is 4. The van der Waals surface area contributed by atoms with Crippen LogP contribution < -0.4 is 9.62 Å². The van der Waals surface area contributed by atoms with Gasteiger partial charge in [-0.1, -0.05) is 53.5 Å². The molecule has 10 heteroatoms. The number of halogens is 2. The smallest absolute Gasteiger partial charge is 0.244 e. The van der Waals surface area contributed by atoms with Crippen LogP contribution in [0.4, 0.5) is 5.69 Å². The van der Waals surface area contributed by atoms with E-state index in [9.17, 15) is 18.0 Å². The molecular weight excluding hydrogens is 461 g/mol. The number of sulfonamides is 1. The van der Waals surface area contributed by atoms with E-state index in [-0.39, 0.29) is 23.2 Å². The molecule has 2 rings (SSSR count). The third kappa shape index (κ3) is 6.85. The van der Waals surface area contributed by atoms with Crippen molar-refractivity contribution in [2.75, 3.05) is 23.7 Å². The summed E-state index contributed by atoms with van der Waals surface area (Å²) in [5, 5.41) is 3.13. The summed E-state index contributed by atoms with van der Waals surface area (Å²) in [6.07, 6.45) is 0.986. The van der Waals surface area contributed by atoms with Gasteiger partial charge in [0.25, 0.3) is 0 Å². The summed E-state index contributed by atoms with van der Waals surface area (Å²) in [6, 6.07) is 12.7. The molecule has 7 nitrogen and oxygen atoms in total. The minimum absolute atomic E-state index is 0.0945. The molecule has 0 saturated heterocycles. The lowest BCUT2D eigenvalue weighted by Gasteiger charge is -2.31. The van der Waals surface area contributed by atoms with Crippen molar-refractivity contribution in [3.63, 3.8) is 0 Å². The average molecular weight is 486 g/mol. The highest BCUT2D eigenvalue weighted by molar-refractivity contribution is 7.92. The molecule has 2 aromatic carbocycles. The number of amides is 2. The molecule has 1 N–H and O–H groups in total. The number of nitrogens with zero attached hydrogens (tertiary/aromatic N) is 2. The van der Waals surface area contributed by atoms with Crippen LogP contribution in [0.1, 0.15) is 19.4 Å². The second-order valence-corrected chi connectivity index (χ2v) is 9.69. The number of carbonyl (C=O) groups is 2. The highest BCUT2D eigenvalue weighted by Gasteiger charge is 2.30. The number of hydrogen-bond donors (Lipinski definition) is 1. The van der Waals surface area contributed by atoms with Gasteiger partial charge in [0.1, 0.15) is 12.6 Å². The van der Waals surface area contributed by atoms with Gasteiger partial charge in [-0.3, -0.25) is 13.9 Å². The Kier molecular flexibility index (Phi) is 8.73. The second kappa shape index (κ2) is 10.8. The van der Waals surface area contributed by atoms with Crippen LogP contribution in [0, 0.1) is 0 Å². The summed E-state index contributed by atoms with van der Waals surface area (Å²) in [6.45, 7) is 3.42. The number of benzene rings is 2. The largest absolute Gasteiger partial charge is 0.355 e. The van der Waals surface area contributed by atoms with Crippen LogP contribution in [-0.4, -0.2) is 50.5 Å². The molecule has 0 aliphatic rings. The standard InChI is InChI=1S/C21H25Cl2N3O4S/c1-4-24-21(28)15(2)25(13-16-8-6-5-7-9-16)20(27)14-26(31(3,29)30)19-11-10-17(22)12-18(19)23/h5-12,15H,4,13-14H2,1-3H3,(H,24,28)/t15-/m1/s1. The molecule has 2 aromatic rings. The molecule has 0 aliphatic carbocycles. The Morgan fingerprint density at radius 1 is 1.10 bits per heavy atom. The van der Waals surface area contributed by atoms with Crippen LogP contribution >= 0.6 is 23.2 Å². The Balaban J connectivity index is 2.39. The van der Waals surface area contributed by atoms with Gasteiger partial charge < -0.3 is 10.2 Å². The number of anilines is 1. The number of carbonyl (C=O) groups excluding carboxylic acids is 2. The van der Waals surface area contributed by atoms with E-state index >= 15 is 0 Å². The highest BCUT2D eigenvalue weighted by Crippen LogP contribution is 2.30. The van der Waals surface area contributed by atoms with E-state index in [1.165, 1.54) is 23.1 Å². The van der Waals surface area contributed by atoms with Gasteiger partial charge in [0.05, 0.1) is 17.0 Å². The maximum absolute atomic E-state index is 13.3. The molecule has 0 saturated carbocycles. The van der Waals surface area contributed by atoms with E-state index < -0.39 is 28.5 Å². The fourth-order valence-electron chi connectivity index (χ4n) is 2.96. The molecule has 0 aliphatic heterocycles. The van der Waals surface area contributed by atoms with E-state index in [1.807, 2.05) is 30.3 Å². The lowest BCUT2D eigenvalue weighted by Crippen LogP contribution is -2.51. The molecule has 168 valence electrons. The Bertz CT molecular complexity index is 1030. The summed E-state index contributed by atoms with van der Waals surface area (Å²) in [5.74, 6) is -0.874. The van der Waals surface area contributed by atoms with Crippen molar-refractivity contribution < 1.29 is 18.0 Å². The van der Waals surface area contributed by atoms with Gasteiger partial charge in [-0.25, -0.2) is 8.42 Å². The zero-order valence-corrected chi connectivity index (χ0v) is 19.8. The number of likely N-dealkylation sites (N-methyl/N-ethyl adjacent to an activating group) is 1. The minimum atomic E-state index is -3.85. The quantitative estimate of drug-likeness (QED) is 0.589. The van der Waals surface area contributed by atoms with Crippen LogP contribution in [0.2, 0.25) is 10.0 Å². The Morgan fingerprint density at radius 2 is 1.74 bits per heavy atom. The van der Waals surface area contributed by atoms with Crippen molar-refractivity contribution in [1.82, 2.24) is 10.2 Å². The van der Waals surface area contributed by atoms with E-state index in [2.05, 4.69) is 5.32 Å². The molecule has 0 aromatic heterocycles. The molecule has 0 spiro atoms. The Morgan fingerprint density at radius 3 is 2.29 bits per heavy atom. The molecule has 0 fully saturated rings. The molecule has 0 radical (unpaired) electrons. The van der Waals surface area contributed by atoms with Crippen LogP contribution in [0.15, 0.2) is 48.5 Å². The minimum Gasteiger partial charge on any atom is -0.355 e. The van der Waals surface area contributed by atoms with Crippen molar-refractivity contribution in [3.8, 4) is 0 Å². The zero-order chi connectivity index (χ0) is 23.2. The topological polar surface area (TPSA) is 86.8 Å². The lowest BCUT2D eigenvalue weighted by molar-refractivity contribution is -0.139. The van der Waals surface area contributed by atoms with Gasteiger partial charge >= 0.3 is 0 Å². The number of rotatable bonds is 9. The van der Waals surface area contributed by atoms with Crippen molar-refractivity contribution in [2.45, 2.75) is 26.4 Å². The zero-order valence-electron chi connectivity index (χ0n) is 17.5. The summed E-state index contributed by atoms with van der Waals surface area (Å²) in [7, 11) is -3.85. The van der Waals surface area contributed by atoms with Gasteiger partial charge in [-0.2, -0.15) is 0 Å². The maximum atomic E-state index is 13.3. The molecule has 31 heavy (non-hydrogen) atoms. The first-order chi connectivity index (χ1) is 14.5. The van der Waals surface area contributed by atoms with Crippen molar-refractivity contribution in [2.24, 2.45) is 0 Å². The first-order valence-electron chi connectivity index (χ1n) is 9.58. The predicted octanol–water partition coefficient (Wildman–Crippen LogP) is 3.31. The SMILES string of the molecule is CCNC(=O)[C@@H](C)N(Cc1ccccc1)C(=O)CN(c1ccc(Cl)cc1Cl)S(C)(=O)=O. The molecule has 2 amide bonds. The van der Waals surface area contributed by atoms with Gasteiger partial charge in [0.2, 0.25) is 21.8 Å². The average Bonchev–Trinajstić information content (AvgIpc) is 2.70. The summed E-state index contributed by atoms with van der Waals surface area (Å²) < 4.78 is 25.9. The molecule has 1 atom stereocenters. The van der Waals surface area contributed by atoms with Crippen molar-refractivity contribution in [1.29, 1.82) is 0 Å². The van der Waals surface area contributed by atoms with E-state index in [0.717, 1.165) is 16.1 Å². The third-order valence-corrected chi connectivity index (χ3v) is 6.24. The number of nitrogens with one attached hydrogen (secondary N) is 1. The van der Waals surface area contributed by atoms with Gasteiger partial charge in [-0.15, -0.1) is 0 Å². The fraction of sp³-hybridized carbons (Fsp3) is 0.333. The monoisotopic (exact) mass is 485 g/mol. The van der Waals surface area contributed by atoms with Gasteiger partial charge in [-0.05, 0) is 37.6 Å². The summed E-state index contributed by atoms with van der Waals surface area (Å²) >= 11 is 12.1. The Labute approximate surface area is 193 Å². The van der Waals surface area contributed by atoms with Crippen LogP contribution in [0.3, 0.4) is 0 Å². The lowest BCUT2D eigenvalue weighted by atomic mass is 10.1. The molecule has 0 unspecified atom stereocenters. The first kappa shape index (κ1) is 25.0. The normalized spacial score (nSPS) is 12.2. The van der Waals surface area contributed by atoms with E-state index in [4.69, 9.17) is 23.2 Å². The van der Waals surface area contributed by atoms with Gasteiger partial charge in [0, 0.05) is 18.1 Å². The summed E-state index contributed by atoms with van der Waals surface area (Å²) in [4.78, 5) is 27.1. The predicted molar refractivity (Wildman–Crippen MR) is 124 cm³/mol. The first-order valence-corrected chi connectivity index (χ1v) is 12.2. The van der Waals surface area contributed by atoms with Crippen LogP contribution in [0.5, 0.6) is 0 Å².